The van der Waals surface area contributed by atoms with E-state index in [0.29, 0.717) is 41.6 Å². The fourth-order valence-electron chi connectivity index (χ4n) is 3.74. The maximum absolute atomic E-state index is 10.9. The molecule has 2 aromatic carbocycles. The third kappa shape index (κ3) is 3.26. The van der Waals surface area contributed by atoms with Crippen molar-refractivity contribution in [1.82, 2.24) is 14.4 Å². The molecule has 1 aliphatic rings. The molecule has 5 rings (SSSR count). The molecule has 0 unspecified atom stereocenters. The smallest absolute Gasteiger partial charge is 0.155 e. The third-order valence-electron chi connectivity index (χ3n) is 5.46. The predicted octanol–water partition coefficient (Wildman–Crippen LogP) is 5.00. The Morgan fingerprint density at radius 2 is 1.93 bits per heavy atom. The van der Waals surface area contributed by atoms with Gasteiger partial charge in [0.25, 0.3) is 0 Å². The zero-order valence-electron chi connectivity index (χ0n) is 15.8. The van der Waals surface area contributed by atoms with Gasteiger partial charge in [0.15, 0.2) is 5.15 Å². The topological polar surface area (TPSA) is 59.7 Å². The Bertz CT molecular complexity index is 1170. The van der Waals surface area contributed by atoms with Crippen molar-refractivity contribution in [3.8, 4) is 17.0 Å². The molecule has 1 N–H and O–H groups in total. The van der Waals surface area contributed by atoms with Gasteiger partial charge >= 0.3 is 0 Å². The van der Waals surface area contributed by atoms with Gasteiger partial charge in [-0.15, -0.1) is 0 Å². The molecular weight excluding hydrogens is 386 g/mol. The summed E-state index contributed by atoms with van der Waals surface area (Å²) in [6.07, 6.45) is 5.82. The average Bonchev–Trinajstić information content (AvgIpc) is 3.13. The van der Waals surface area contributed by atoms with Crippen LogP contribution in [0.4, 0.5) is 0 Å². The minimum atomic E-state index is -0.909. The van der Waals surface area contributed by atoms with Crippen LogP contribution in [0.1, 0.15) is 30.7 Å². The van der Waals surface area contributed by atoms with Crippen molar-refractivity contribution < 1.29 is 9.84 Å². The molecule has 4 aromatic rings. The van der Waals surface area contributed by atoms with Crippen molar-refractivity contribution in [3.63, 3.8) is 0 Å². The average molecular weight is 406 g/mol. The molecule has 0 radical (unpaired) electrons. The van der Waals surface area contributed by atoms with Crippen LogP contribution in [0.25, 0.3) is 16.8 Å². The van der Waals surface area contributed by atoms with Gasteiger partial charge in [0.05, 0.1) is 5.69 Å². The quantitative estimate of drug-likeness (QED) is 0.507. The molecule has 29 heavy (non-hydrogen) atoms. The van der Waals surface area contributed by atoms with E-state index in [1.54, 1.807) is 12.4 Å². The van der Waals surface area contributed by atoms with Crippen LogP contribution in [-0.4, -0.2) is 19.5 Å². The summed E-state index contributed by atoms with van der Waals surface area (Å²) in [6.45, 7) is 0.488. The van der Waals surface area contributed by atoms with E-state index in [0.717, 1.165) is 23.3 Å². The molecule has 2 aromatic heterocycles. The monoisotopic (exact) mass is 405 g/mol. The Kier molecular flexibility index (Phi) is 4.49. The van der Waals surface area contributed by atoms with Crippen LogP contribution in [-0.2, 0) is 12.2 Å². The highest BCUT2D eigenvalue weighted by Crippen LogP contribution is 2.43. The van der Waals surface area contributed by atoms with Crippen LogP contribution in [0, 0.1) is 0 Å². The Labute approximate surface area is 173 Å². The zero-order chi connectivity index (χ0) is 19.8. The van der Waals surface area contributed by atoms with Crippen molar-refractivity contribution in [2.45, 2.75) is 31.5 Å². The molecule has 1 saturated carbocycles. The van der Waals surface area contributed by atoms with Crippen LogP contribution in [0.5, 0.6) is 5.75 Å². The lowest BCUT2D eigenvalue weighted by Gasteiger charge is -2.35. The molecule has 5 nitrogen and oxygen atoms in total. The first kappa shape index (κ1) is 18.2. The van der Waals surface area contributed by atoms with Gasteiger partial charge in [-0.2, -0.15) is 0 Å². The van der Waals surface area contributed by atoms with Crippen LogP contribution in [0.15, 0.2) is 67.0 Å². The second-order valence-electron chi connectivity index (χ2n) is 7.41. The van der Waals surface area contributed by atoms with E-state index >= 15 is 0 Å². The van der Waals surface area contributed by atoms with Crippen molar-refractivity contribution in [2.24, 2.45) is 0 Å². The molecule has 2 heterocycles. The summed E-state index contributed by atoms with van der Waals surface area (Å²) in [7, 11) is 0. The Morgan fingerprint density at radius 3 is 2.69 bits per heavy atom. The summed E-state index contributed by atoms with van der Waals surface area (Å²) in [5.41, 5.74) is 2.46. The number of benzene rings is 2. The number of nitrogens with zero attached hydrogens (tertiary/aromatic N) is 3. The van der Waals surface area contributed by atoms with E-state index in [4.69, 9.17) is 21.3 Å². The van der Waals surface area contributed by atoms with Gasteiger partial charge < -0.3 is 9.84 Å². The number of hydrogen-bond donors (Lipinski definition) is 1. The maximum atomic E-state index is 10.9. The second kappa shape index (κ2) is 7.17. The number of halogens is 1. The van der Waals surface area contributed by atoms with Gasteiger partial charge in [-0.25, -0.2) is 9.97 Å². The fraction of sp³-hybridized carbons (Fsp3) is 0.217. The molecular formula is C23H20ClN3O2. The van der Waals surface area contributed by atoms with E-state index in [1.807, 2.05) is 59.0 Å². The molecule has 0 aliphatic heterocycles. The highest BCUT2D eigenvalue weighted by molar-refractivity contribution is 6.33. The van der Waals surface area contributed by atoms with Gasteiger partial charge in [-0.3, -0.25) is 4.40 Å². The number of imidazole rings is 1. The van der Waals surface area contributed by atoms with E-state index < -0.39 is 5.60 Å². The lowest BCUT2D eigenvalue weighted by molar-refractivity contribution is -0.0471. The first-order chi connectivity index (χ1) is 14.1. The zero-order valence-corrected chi connectivity index (χ0v) is 16.5. The molecule has 146 valence electrons. The standard InChI is InChI=1S/C23H20ClN3O2/c24-21-20-19(26-22(23(28)10-5-11-23)27(20)13-12-25-21)17-8-4-9-18(14-17)29-15-16-6-2-1-3-7-16/h1-4,6-9,12-14,28H,5,10-11,15H2. The minimum absolute atomic E-state index is 0.361. The summed E-state index contributed by atoms with van der Waals surface area (Å²) in [5.74, 6) is 1.37. The number of fused-ring (bicyclic) bond motifs is 1. The lowest BCUT2D eigenvalue weighted by atomic mass is 9.79. The van der Waals surface area contributed by atoms with Gasteiger partial charge in [-0.1, -0.05) is 54.1 Å². The number of aliphatic hydroxyl groups is 1. The van der Waals surface area contributed by atoms with Crippen molar-refractivity contribution in [2.75, 3.05) is 0 Å². The summed E-state index contributed by atoms with van der Waals surface area (Å²) < 4.78 is 7.83. The molecule has 0 saturated heterocycles. The summed E-state index contributed by atoms with van der Waals surface area (Å²) in [5, 5.41) is 11.3. The number of ether oxygens (including phenoxy) is 1. The SMILES string of the molecule is OC1(c2nc(-c3cccc(OCc4ccccc4)c3)c3c(Cl)nccn23)CCC1. The van der Waals surface area contributed by atoms with Crippen LogP contribution < -0.4 is 4.74 Å². The summed E-state index contributed by atoms with van der Waals surface area (Å²) in [4.78, 5) is 9.03. The van der Waals surface area contributed by atoms with Crippen molar-refractivity contribution in [3.05, 3.63) is 83.5 Å². The molecule has 0 atom stereocenters. The van der Waals surface area contributed by atoms with E-state index in [9.17, 15) is 5.11 Å². The summed E-state index contributed by atoms with van der Waals surface area (Å²) >= 11 is 6.43. The second-order valence-corrected chi connectivity index (χ2v) is 7.77. The third-order valence-corrected chi connectivity index (χ3v) is 5.74. The molecule has 0 amide bonds. The molecule has 1 fully saturated rings. The van der Waals surface area contributed by atoms with E-state index in [2.05, 4.69) is 4.98 Å². The lowest BCUT2D eigenvalue weighted by Crippen LogP contribution is -2.35. The molecule has 0 spiro atoms. The minimum Gasteiger partial charge on any atom is -0.489 e. The van der Waals surface area contributed by atoms with E-state index in [-0.39, 0.29) is 0 Å². The van der Waals surface area contributed by atoms with Gasteiger partial charge in [0.1, 0.15) is 29.3 Å². The summed E-state index contributed by atoms with van der Waals surface area (Å²) in [6, 6.07) is 17.8. The van der Waals surface area contributed by atoms with Crippen LogP contribution in [0.3, 0.4) is 0 Å². The maximum Gasteiger partial charge on any atom is 0.155 e. The van der Waals surface area contributed by atoms with Gasteiger partial charge in [0, 0.05) is 18.0 Å². The molecule has 6 heteroatoms. The highest BCUT2D eigenvalue weighted by Gasteiger charge is 2.41. The number of aromatic nitrogens is 3. The first-order valence-corrected chi connectivity index (χ1v) is 10.0. The Balaban J connectivity index is 1.54. The largest absolute Gasteiger partial charge is 0.489 e. The van der Waals surface area contributed by atoms with E-state index in [1.165, 1.54) is 0 Å². The van der Waals surface area contributed by atoms with Gasteiger partial charge in [0.2, 0.25) is 0 Å². The number of rotatable bonds is 5. The normalized spacial score (nSPS) is 15.2. The number of hydrogen-bond acceptors (Lipinski definition) is 4. The predicted molar refractivity (Wildman–Crippen MR) is 112 cm³/mol. The van der Waals surface area contributed by atoms with Crippen molar-refractivity contribution in [1.29, 1.82) is 0 Å². The van der Waals surface area contributed by atoms with Crippen molar-refractivity contribution >= 4 is 17.1 Å². The highest BCUT2D eigenvalue weighted by atomic mass is 35.5. The molecule has 0 bridgehead atoms. The van der Waals surface area contributed by atoms with Gasteiger partial charge in [-0.05, 0) is 37.0 Å². The molecule has 1 aliphatic carbocycles. The Morgan fingerprint density at radius 1 is 1.10 bits per heavy atom. The van der Waals surface area contributed by atoms with Crippen LogP contribution in [0.2, 0.25) is 5.15 Å². The Hall–Kier alpha value is -2.89. The van der Waals surface area contributed by atoms with Crippen LogP contribution >= 0.6 is 11.6 Å². The fourth-order valence-corrected chi connectivity index (χ4v) is 3.98. The first-order valence-electron chi connectivity index (χ1n) is 9.67.